The molecule has 4 nitrogen and oxygen atoms in total. The number of esters is 1. The number of amides is 1. The molecule has 0 saturated carbocycles. The van der Waals surface area contributed by atoms with Crippen LogP contribution in [0, 0.1) is 0 Å². The quantitative estimate of drug-likeness (QED) is 0.620. The third-order valence-electron chi connectivity index (χ3n) is 3.43. The van der Waals surface area contributed by atoms with Crippen molar-refractivity contribution in [3.05, 3.63) is 65.2 Å². The first-order valence-electron chi connectivity index (χ1n) is 7.29. The van der Waals surface area contributed by atoms with Gasteiger partial charge in [0.15, 0.2) is 5.92 Å². The normalized spacial score (nSPS) is 11.6. The van der Waals surface area contributed by atoms with Crippen molar-refractivity contribution in [3.8, 4) is 0 Å². The molecule has 2 aromatic rings. The lowest BCUT2D eigenvalue weighted by atomic mass is 9.97. The summed E-state index contributed by atoms with van der Waals surface area (Å²) in [6, 6.07) is 15.8. The third kappa shape index (κ3) is 4.11. The van der Waals surface area contributed by atoms with Crippen molar-refractivity contribution in [2.45, 2.75) is 12.8 Å². The zero-order chi connectivity index (χ0) is 16.8. The van der Waals surface area contributed by atoms with Crippen molar-refractivity contribution in [2.24, 2.45) is 0 Å². The molecule has 2 aromatic carbocycles. The van der Waals surface area contributed by atoms with Crippen LogP contribution in [0.4, 0.5) is 5.69 Å². The van der Waals surface area contributed by atoms with Crippen molar-refractivity contribution in [1.29, 1.82) is 0 Å². The number of rotatable bonds is 5. The molecule has 1 atom stereocenters. The van der Waals surface area contributed by atoms with E-state index in [1.807, 2.05) is 18.2 Å². The number of para-hydroxylation sites is 1. The molecule has 0 heterocycles. The molecule has 0 radical (unpaired) electrons. The molecule has 0 spiro atoms. The Kier molecular flexibility index (Phi) is 5.77. The second-order valence-corrected chi connectivity index (χ2v) is 5.41. The minimum Gasteiger partial charge on any atom is -0.465 e. The number of benzene rings is 2. The number of carbonyl (C=O) groups excluding carboxylic acids is 2. The number of hydrogen-bond acceptors (Lipinski definition) is 3. The molecule has 1 amide bonds. The lowest BCUT2D eigenvalue weighted by Gasteiger charge is -2.23. The van der Waals surface area contributed by atoms with Gasteiger partial charge >= 0.3 is 5.97 Å². The second-order valence-electron chi connectivity index (χ2n) is 4.97. The van der Waals surface area contributed by atoms with Gasteiger partial charge in [0.2, 0.25) is 5.91 Å². The van der Waals surface area contributed by atoms with Crippen molar-refractivity contribution < 1.29 is 14.3 Å². The summed E-state index contributed by atoms with van der Waals surface area (Å²) in [6.45, 7) is 1.91. The van der Waals surface area contributed by atoms with Gasteiger partial charge in [0.05, 0.1) is 6.61 Å². The Hall–Kier alpha value is -2.33. The second kappa shape index (κ2) is 7.79. The van der Waals surface area contributed by atoms with E-state index in [1.165, 1.54) is 4.90 Å². The average Bonchev–Trinajstić information content (AvgIpc) is 2.55. The first-order chi connectivity index (χ1) is 11.0. The van der Waals surface area contributed by atoms with E-state index in [2.05, 4.69) is 0 Å². The monoisotopic (exact) mass is 331 g/mol. The fourth-order valence-electron chi connectivity index (χ4n) is 2.26. The molecule has 23 heavy (non-hydrogen) atoms. The van der Waals surface area contributed by atoms with Crippen LogP contribution in [0.15, 0.2) is 54.6 Å². The third-order valence-corrected chi connectivity index (χ3v) is 3.66. The SMILES string of the molecule is CCOC(=O)C(C(=O)N(C)c1ccccc1)c1cccc(Cl)c1. The number of carbonyl (C=O) groups is 2. The molecule has 2 rings (SSSR count). The van der Waals surface area contributed by atoms with Crippen LogP contribution in [0.2, 0.25) is 5.02 Å². The number of halogens is 1. The first kappa shape index (κ1) is 17.0. The fraction of sp³-hybridized carbons (Fsp3) is 0.222. The molecule has 0 saturated heterocycles. The summed E-state index contributed by atoms with van der Waals surface area (Å²) in [7, 11) is 1.63. The maximum Gasteiger partial charge on any atom is 0.323 e. The van der Waals surface area contributed by atoms with E-state index in [0.29, 0.717) is 16.3 Å². The largest absolute Gasteiger partial charge is 0.465 e. The Morgan fingerprint density at radius 2 is 1.83 bits per heavy atom. The molecule has 0 N–H and O–H groups in total. The van der Waals surface area contributed by atoms with Crippen LogP contribution in [0.25, 0.3) is 0 Å². The predicted molar refractivity (Wildman–Crippen MR) is 90.7 cm³/mol. The Labute approximate surface area is 140 Å². The molecule has 0 aromatic heterocycles. The smallest absolute Gasteiger partial charge is 0.323 e. The van der Waals surface area contributed by atoms with Crippen LogP contribution in [-0.2, 0) is 14.3 Å². The van der Waals surface area contributed by atoms with E-state index in [1.54, 1.807) is 50.4 Å². The maximum absolute atomic E-state index is 12.9. The number of hydrogen-bond donors (Lipinski definition) is 0. The van der Waals surface area contributed by atoms with Gasteiger partial charge < -0.3 is 9.64 Å². The maximum atomic E-state index is 12.9. The van der Waals surface area contributed by atoms with Crippen LogP contribution in [-0.4, -0.2) is 25.5 Å². The predicted octanol–water partition coefficient (Wildman–Crippen LogP) is 3.65. The molecule has 0 fully saturated rings. The Bertz CT molecular complexity index is 688. The van der Waals surface area contributed by atoms with Gasteiger partial charge in [0, 0.05) is 17.8 Å². The highest BCUT2D eigenvalue weighted by atomic mass is 35.5. The molecule has 0 bridgehead atoms. The van der Waals surface area contributed by atoms with Gasteiger partial charge in [-0.1, -0.05) is 41.9 Å². The highest BCUT2D eigenvalue weighted by Gasteiger charge is 2.33. The molecular weight excluding hydrogens is 314 g/mol. The van der Waals surface area contributed by atoms with Crippen molar-refractivity contribution in [3.63, 3.8) is 0 Å². The summed E-state index contributed by atoms with van der Waals surface area (Å²) in [5.41, 5.74) is 1.22. The molecule has 0 aliphatic rings. The van der Waals surface area contributed by atoms with Gasteiger partial charge in [0.1, 0.15) is 0 Å². The van der Waals surface area contributed by atoms with Crippen molar-refractivity contribution >= 4 is 29.2 Å². The molecule has 0 aliphatic carbocycles. The lowest BCUT2D eigenvalue weighted by Crippen LogP contribution is -2.36. The topological polar surface area (TPSA) is 46.6 Å². The number of anilines is 1. The Morgan fingerprint density at radius 3 is 2.43 bits per heavy atom. The van der Waals surface area contributed by atoms with Gasteiger partial charge in [-0.05, 0) is 36.8 Å². The number of nitrogens with zero attached hydrogens (tertiary/aromatic N) is 1. The van der Waals surface area contributed by atoms with E-state index in [9.17, 15) is 9.59 Å². The molecular formula is C18H18ClNO3. The zero-order valence-electron chi connectivity index (χ0n) is 13.0. The summed E-state index contributed by atoms with van der Waals surface area (Å²) < 4.78 is 5.08. The van der Waals surface area contributed by atoms with E-state index < -0.39 is 11.9 Å². The zero-order valence-corrected chi connectivity index (χ0v) is 13.8. The van der Waals surface area contributed by atoms with E-state index >= 15 is 0 Å². The molecule has 1 unspecified atom stereocenters. The van der Waals surface area contributed by atoms with Crippen LogP contribution < -0.4 is 4.90 Å². The van der Waals surface area contributed by atoms with Gasteiger partial charge in [0.25, 0.3) is 0 Å². The standard InChI is InChI=1S/C18H18ClNO3/c1-3-23-18(22)16(13-8-7-9-14(19)12-13)17(21)20(2)15-10-5-4-6-11-15/h4-12,16H,3H2,1-2H3. The van der Waals surface area contributed by atoms with Gasteiger partial charge in [-0.25, -0.2) is 0 Å². The molecule has 120 valence electrons. The summed E-state index contributed by atoms with van der Waals surface area (Å²) in [4.78, 5) is 26.6. The van der Waals surface area contributed by atoms with E-state index in [4.69, 9.17) is 16.3 Å². The van der Waals surface area contributed by atoms with Crippen LogP contribution in [0.3, 0.4) is 0 Å². The van der Waals surface area contributed by atoms with Gasteiger partial charge in [-0.2, -0.15) is 0 Å². The molecule has 0 aliphatic heterocycles. The van der Waals surface area contributed by atoms with E-state index in [-0.39, 0.29) is 12.5 Å². The minimum absolute atomic E-state index is 0.207. The van der Waals surface area contributed by atoms with E-state index in [0.717, 1.165) is 0 Å². The highest BCUT2D eigenvalue weighted by Crippen LogP contribution is 2.25. The van der Waals surface area contributed by atoms with Crippen LogP contribution in [0.1, 0.15) is 18.4 Å². The van der Waals surface area contributed by atoms with Gasteiger partial charge in [-0.15, -0.1) is 0 Å². The number of ether oxygens (including phenoxy) is 1. The van der Waals surface area contributed by atoms with Crippen molar-refractivity contribution in [1.82, 2.24) is 0 Å². The summed E-state index contributed by atoms with van der Waals surface area (Å²) >= 11 is 5.99. The minimum atomic E-state index is -1.04. The summed E-state index contributed by atoms with van der Waals surface area (Å²) in [6.07, 6.45) is 0. The van der Waals surface area contributed by atoms with Crippen molar-refractivity contribution in [2.75, 3.05) is 18.6 Å². The Morgan fingerprint density at radius 1 is 1.13 bits per heavy atom. The average molecular weight is 332 g/mol. The number of likely N-dealkylation sites (N-methyl/N-ethyl adjacent to an activating group) is 1. The Balaban J connectivity index is 2.37. The highest BCUT2D eigenvalue weighted by molar-refractivity contribution is 6.30. The lowest BCUT2D eigenvalue weighted by molar-refractivity contribution is -0.147. The van der Waals surface area contributed by atoms with Crippen LogP contribution >= 0.6 is 11.6 Å². The summed E-state index contributed by atoms with van der Waals surface area (Å²) in [5.74, 6) is -1.99. The van der Waals surface area contributed by atoms with Gasteiger partial charge in [-0.3, -0.25) is 9.59 Å². The fourth-order valence-corrected chi connectivity index (χ4v) is 2.46. The van der Waals surface area contributed by atoms with Crippen LogP contribution in [0.5, 0.6) is 0 Å². The molecule has 5 heteroatoms. The summed E-state index contributed by atoms with van der Waals surface area (Å²) in [5, 5.41) is 0.465. The first-order valence-corrected chi connectivity index (χ1v) is 7.67.